The number of nitrogens with zero attached hydrogens (tertiary/aromatic N) is 1. The first-order chi connectivity index (χ1) is 14.6. The Balaban J connectivity index is 2.33. The molecule has 0 spiro atoms. The van der Waals surface area contributed by atoms with E-state index in [1.807, 2.05) is 0 Å². The normalized spacial score (nSPS) is 12.9. The van der Waals surface area contributed by atoms with Crippen molar-refractivity contribution in [3.05, 3.63) is 75.8 Å². The van der Waals surface area contributed by atoms with E-state index >= 15 is 0 Å². The van der Waals surface area contributed by atoms with E-state index in [9.17, 15) is 19.7 Å². The van der Waals surface area contributed by atoms with Gasteiger partial charge in [0.2, 0.25) is 0 Å². The summed E-state index contributed by atoms with van der Waals surface area (Å²) in [7, 11) is 0. The SMILES string of the molecule is CCC(NC(=O)OC(C)(C)C)(C(=O)Oc1cccc(CO[N+](=O)[O-])c1)c1ccccc1. The van der Waals surface area contributed by atoms with Gasteiger partial charge in [0.15, 0.2) is 5.54 Å². The molecule has 31 heavy (non-hydrogen) atoms. The molecule has 1 amide bonds. The summed E-state index contributed by atoms with van der Waals surface area (Å²) in [6.45, 7) is 6.62. The van der Waals surface area contributed by atoms with Gasteiger partial charge in [0.1, 0.15) is 18.0 Å². The highest BCUT2D eigenvalue weighted by atomic mass is 16.9. The van der Waals surface area contributed by atoms with Crippen molar-refractivity contribution in [1.29, 1.82) is 0 Å². The maximum atomic E-state index is 13.3. The lowest BCUT2D eigenvalue weighted by molar-refractivity contribution is -0.763. The number of hydrogen-bond donors (Lipinski definition) is 1. The molecule has 0 saturated heterocycles. The van der Waals surface area contributed by atoms with Crippen molar-refractivity contribution in [2.75, 3.05) is 0 Å². The van der Waals surface area contributed by atoms with Crippen molar-refractivity contribution in [2.24, 2.45) is 0 Å². The second-order valence-electron chi connectivity index (χ2n) is 7.79. The van der Waals surface area contributed by atoms with Gasteiger partial charge in [0.05, 0.1) is 0 Å². The summed E-state index contributed by atoms with van der Waals surface area (Å²) >= 11 is 0. The lowest BCUT2D eigenvalue weighted by Gasteiger charge is -2.33. The third-order valence-electron chi connectivity index (χ3n) is 4.31. The highest BCUT2D eigenvalue weighted by Crippen LogP contribution is 2.29. The molecule has 0 bridgehead atoms. The largest absolute Gasteiger partial charge is 0.444 e. The van der Waals surface area contributed by atoms with Crippen molar-refractivity contribution in [3.63, 3.8) is 0 Å². The number of carbonyl (C=O) groups is 2. The summed E-state index contributed by atoms with van der Waals surface area (Å²) in [6.07, 6.45) is -0.567. The molecule has 9 nitrogen and oxygen atoms in total. The van der Waals surface area contributed by atoms with Gasteiger partial charge in [-0.3, -0.25) is 0 Å². The molecule has 0 saturated carbocycles. The van der Waals surface area contributed by atoms with E-state index < -0.39 is 28.3 Å². The van der Waals surface area contributed by atoms with Crippen LogP contribution in [0, 0.1) is 10.1 Å². The Bertz CT molecular complexity index is 925. The van der Waals surface area contributed by atoms with Crippen molar-refractivity contribution < 1.29 is 29.0 Å². The number of rotatable bonds is 8. The van der Waals surface area contributed by atoms with Crippen LogP contribution in [0.25, 0.3) is 0 Å². The Labute approximate surface area is 180 Å². The fourth-order valence-corrected chi connectivity index (χ4v) is 2.90. The zero-order valence-corrected chi connectivity index (χ0v) is 17.9. The molecule has 1 atom stereocenters. The monoisotopic (exact) mass is 430 g/mol. The number of esters is 1. The second kappa shape index (κ2) is 9.92. The fraction of sp³-hybridized carbons (Fsp3) is 0.364. The zero-order chi connectivity index (χ0) is 23.1. The number of carbonyl (C=O) groups excluding carboxylic acids is 2. The quantitative estimate of drug-likeness (QED) is 0.290. The maximum Gasteiger partial charge on any atom is 0.408 e. The minimum Gasteiger partial charge on any atom is -0.444 e. The van der Waals surface area contributed by atoms with Crippen LogP contribution in [0.5, 0.6) is 5.75 Å². The van der Waals surface area contributed by atoms with Crippen LogP contribution < -0.4 is 10.1 Å². The summed E-state index contributed by atoms with van der Waals surface area (Å²) in [5.41, 5.74) is -1.28. The first-order valence-electron chi connectivity index (χ1n) is 9.71. The minimum absolute atomic E-state index is 0.161. The number of ether oxygens (including phenoxy) is 2. The summed E-state index contributed by atoms with van der Waals surface area (Å²) in [5.74, 6) is -0.561. The number of nitrogens with one attached hydrogen (secondary N) is 1. The fourth-order valence-electron chi connectivity index (χ4n) is 2.90. The Kier molecular flexibility index (Phi) is 7.57. The van der Waals surface area contributed by atoms with Gasteiger partial charge in [-0.1, -0.05) is 49.4 Å². The van der Waals surface area contributed by atoms with E-state index in [4.69, 9.17) is 9.47 Å². The van der Waals surface area contributed by atoms with Gasteiger partial charge in [-0.15, -0.1) is 10.1 Å². The molecule has 0 radical (unpaired) electrons. The van der Waals surface area contributed by atoms with E-state index in [-0.39, 0.29) is 18.8 Å². The summed E-state index contributed by atoms with van der Waals surface area (Å²) in [5, 5.41) is 12.2. The average molecular weight is 430 g/mol. The van der Waals surface area contributed by atoms with Crippen molar-refractivity contribution in [2.45, 2.75) is 51.9 Å². The minimum atomic E-state index is -1.50. The van der Waals surface area contributed by atoms with E-state index in [0.29, 0.717) is 11.1 Å². The summed E-state index contributed by atoms with van der Waals surface area (Å²) < 4.78 is 10.9. The molecule has 1 N–H and O–H groups in total. The third kappa shape index (κ3) is 6.70. The molecule has 9 heteroatoms. The van der Waals surface area contributed by atoms with Crippen LogP contribution in [-0.4, -0.2) is 22.8 Å². The highest BCUT2D eigenvalue weighted by Gasteiger charge is 2.43. The standard InChI is InChI=1S/C22H26N2O7/c1-5-22(17-11-7-6-8-12-17,23-20(26)31-21(2,3)4)19(25)30-18-13-9-10-16(14-18)15-29-24(27)28/h6-14H,5,15H2,1-4H3,(H,23,26). The number of amides is 1. The molecule has 0 aliphatic heterocycles. The second-order valence-corrected chi connectivity index (χ2v) is 7.79. The molecule has 0 aliphatic carbocycles. The van der Waals surface area contributed by atoms with E-state index in [0.717, 1.165) is 0 Å². The maximum absolute atomic E-state index is 13.3. The molecule has 2 aromatic carbocycles. The van der Waals surface area contributed by atoms with Gasteiger partial charge in [0.25, 0.3) is 5.09 Å². The van der Waals surface area contributed by atoms with Crippen molar-refractivity contribution in [1.82, 2.24) is 5.32 Å². The van der Waals surface area contributed by atoms with Gasteiger partial charge in [-0.05, 0) is 50.5 Å². The van der Waals surface area contributed by atoms with E-state index in [1.54, 1.807) is 70.2 Å². The summed E-state index contributed by atoms with van der Waals surface area (Å²) in [4.78, 5) is 40.6. The predicted molar refractivity (Wildman–Crippen MR) is 112 cm³/mol. The molecular formula is C22H26N2O7. The van der Waals surface area contributed by atoms with Crippen LogP contribution in [0.4, 0.5) is 4.79 Å². The van der Waals surface area contributed by atoms with Gasteiger partial charge in [0, 0.05) is 0 Å². The Morgan fingerprint density at radius 3 is 2.32 bits per heavy atom. The summed E-state index contributed by atoms with van der Waals surface area (Å²) in [6, 6.07) is 14.9. The molecule has 2 rings (SSSR count). The van der Waals surface area contributed by atoms with Crippen LogP contribution in [0.15, 0.2) is 54.6 Å². The van der Waals surface area contributed by atoms with Crippen LogP contribution in [0.1, 0.15) is 45.2 Å². The van der Waals surface area contributed by atoms with E-state index in [2.05, 4.69) is 10.2 Å². The van der Waals surface area contributed by atoms with Crippen molar-refractivity contribution >= 4 is 12.1 Å². The average Bonchev–Trinajstić information content (AvgIpc) is 2.70. The van der Waals surface area contributed by atoms with Gasteiger partial charge in [-0.2, -0.15) is 0 Å². The lowest BCUT2D eigenvalue weighted by Crippen LogP contribution is -2.54. The third-order valence-corrected chi connectivity index (χ3v) is 4.31. The van der Waals surface area contributed by atoms with E-state index in [1.165, 1.54) is 12.1 Å². The number of alkyl carbamates (subject to hydrolysis) is 1. The smallest absolute Gasteiger partial charge is 0.408 e. The van der Waals surface area contributed by atoms with Crippen molar-refractivity contribution in [3.8, 4) is 5.75 Å². The molecular weight excluding hydrogens is 404 g/mol. The van der Waals surface area contributed by atoms with Crippen LogP contribution in [0.3, 0.4) is 0 Å². The Morgan fingerprint density at radius 2 is 1.74 bits per heavy atom. The number of benzene rings is 2. The molecule has 0 heterocycles. The lowest BCUT2D eigenvalue weighted by atomic mass is 9.87. The van der Waals surface area contributed by atoms with Crippen LogP contribution >= 0.6 is 0 Å². The molecule has 0 aliphatic rings. The Hall–Kier alpha value is -3.62. The molecule has 166 valence electrons. The van der Waals surface area contributed by atoms with Crippen LogP contribution in [-0.2, 0) is 26.5 Å². The first kappa shape index (κ1) is 23.7. The first-order valence-corrected chi connectivity index (χ1v) is 9.71. The zero-order valence-electron chi connectivity index (χ0n) is 17.9. The topological polar surface area (TPSA) is 117 Å². The molecule has 2 aromatic rings. The Morgan fingerprint density at radius 1 is 1.06 bits per heavy atom. The molecule has 1 unspecified atom stereocenters. The highest BCUT2D eigenvalue weighted by molar-refractivity contribution is 5.88. The molecule has 0 aromatic heterocycles. The predicted octanol–water partition coefficient (Wildman–Crippen LogP) is 4.13. The molecule has 0 fully saturated rings. The van der Waals surface area contributed by atoms with Crippen LogP contribution in [0.2, 0.25) is 0 Å². The van der Waals surface area contributed by atoms with Gasteiger partial charge < -0.3 is 19.6 Å². The van der Waals surface area contributed by atoms with Gasteiger partial charge >= 0.3 is 12.1 Å². The number of hydrogen-bond acceptors (Lipinski definition) is 7. The van der Waals surface area contributed by atoms with Gasteiger partial charge in [-0.25, -0.2) is 9.59 Å².